The average molecular weight is 778 g/mol. The number of aromatic nitrogens is 3. The van der Waals surface area contributed by atoms with Crippen molar-refractivity contribution < 1.29 is 4.42 Å². The summed E-state index contributed by atoms with van der Waals surface area (Å²) in [6.07, 6.45) is 0. The number of hydrogen-bond donors (Lipinski definition) is 0. The van der Waals surface area contributed by atoms with Gasteiger partial charge in [-0.3, -0.25) is 0 Å². The van der Waals surface area contributed by atoms with Crippen LogP contribution < -0.4 is 0 Å². The fourth-order valence-electron chi connectivity index (χ4n) is 8.94. The molecule has 0 aliphatic carbocycles. The van der Waals surface area contributed by atoms with Crippen molar-refractivity contribution in [3.05, 3.63) is 212 Å². The van der Waals surface area contributed by atoms with Crippen molar-refractivity contribution in [2.75, 3.05) is 0 Å². The van der Waals surface area contributed by atoms with E-state index >= 15 is 0 Å². The van der Waals surface area contributed by atoms with Crippen LogP contribution in [0.1, 0.15) is 0 Å². The van der Waals surface area contributed by atoms with Gasteiger partial charge in [0.15, 0.2) is 17.5 Å². The Kier molecular flexibility index (Phi) is 8.13. The maximum atomic E-state index is 6.73. The van der Waals surface area contributed by atoms with Crippen molar-refractivity contribution in [2.24, 2.45) is 0 Å². The summed E-state index contributed by atoms with van der Waals surface area (Å²) in [5, 5.41) is 9.28. The first-order chi connectivity index (χ1) is 30.2. The monoisotopic (exact) mass is 777 g/mol. The van der Waals surface area contributed by atoms with Crippen LogP contribution in [0.25, 0.3) is 122 Å². The SMILES string of the molecule is c1ccc(-c2nc(-c3cccc(-c4ccc5c(-c6ccccc6)cc6ccccc6c5c4)c3)nc(-c3cccc4oc5c(-c6ccc7ccccc7c6)cccc5c34)n2)cc1. The normalized spacial score (nSPS) is 11.6. The molecule has 2 aromatic heterocycles. The summed E-state index contributed by atoms with van der Waals surface area (Å²) in [7, 11) is 0. The van der Waals surface area contributed by atoms with Gasteiger partial charge in [-0.15, -0.1) is 0 Å². The Hall–Kier alpha value is -8.21. The van der Waals surface area contributed by atoms with Crippen LogP contribution in [-0.2, 0) is 0 Å². The first-order valence-electron chi connectivity index (χ1n) is 20.6. The maximum absolute atomic E-state index is 6.73. The second-order valence-electron chi connectivity index (χ2n) is 15.5. The lowest BCUT2D eigenvalue weighted by atomic mass is 9.91. The van der Waals surface area contributed by atoms with Gasteiger partial charge in [-0.1, -0.05) is 182 Å². The zero-order valence-electron chi connectivity index (χ0n) is 33.0. The van der Waals surface area contributed by atoms with Gasteiger partial charge in [0.2, 0.25) is 0 Å². The second kappa shape index (κ2) is 14.3. The smallest absolute Gasteiger partial charge is 0.164 e. The van der Waals surface area contributed by atoms with Gasteiger partial charge >= 0.3 is 0 Å². The molecule has 0 aliphatic rings. The molecule has 0 bridgehead atoms. The molecule has 12 aromatic rings. The molecule has 0 unspecified atom stereocenters. The number of para-hydroxylation sites is 1. The van der Waals surface area contributed by atoms with Gasteiger partial charge in [-0.05, 0) is 90.5 Å². The van der Waals surface area contributed by atoms with Crippen LogP contribution in [0.15, 0.2) is 217 Å². The van der Waals surface area contributed by atoms with Crippen LogP contribution in [-0.4, -0.2) is 15.0 Å². The zero-order chi connectivity index (χ0) is 40.3. The number of fused-ring (bicyclic) bond motifs is 7. The number of benzene rings is 10. The Labute approximate surface area is 352 Å². The average Bonchev–Trinajstić information content (AvgIpc) is 3.73. The lowest BCUT2D eigenvalue weighted by Crippen LogP contribution is -2.00. The quantitative estimate of drug-likeness (QED) is 0.158. The van der Waals surface area contributed by atoms with E-state index in [9.17, 15) is 0 Å². The molecular formula is C57H35N3O. The highest BCUT2D eigenvalue weighted by Crippen LogP contribution is 2.42. The maximum Gasteiger partial charge on any atom is 0.164 e. The van der Waals surface area contributed by atoms with E-state index in [4.69, 9.17) is 19.4 Å². The minimum Gasteiger partial charge on any atom is -0.455 e. The molecule has 0 amide bonds. The molecule has 61 heavy (non-hydrogen) atoms. The summed E-state index contributed by atoms with van der Waals surface area (Å²) >= 11 is 0. The Morgan fingerprint density at radius 1 is 0.279 bits per heavy atom. The molecule has 0 fully saturated rings. The predicted octanol–water partition coefficient (Wildman–Crippen LogP) is 15.2. The van der Waals surface area contributed by atoms with Crippen LogP contribution in [0.3, 0.4) is 0 Å². The molecule has 2 heterocycles. The van der Waals surface area contributed by atoms with E-state index in [0.717, 1.165) is 60.9 Å². The van der Waals surface area contributed by atoms with Gasteiger partial charge < -0.3 is 4.42 Å². The fourth-order valence-corrected chi connectivity index (χ4v) is 8.94. The summed E-state index contributed by atoms with van der Waals surface area (Å²) in [4.78, 5) is 15.6. The first kappa shape index (κ1) is 34.8. The molecule has 0 spiro atoms. The third-order valence-electron chi connectivity index (χ3n) is 11.9. The summed E-state index contributed by atoms with van der Waals surface area (Å²) in [5.41, 5.74) is 11.1. The van der Waals surface area contributed by atoms with E-state index in [1.807, 2.05) is 42.5 Å². The first-order valence-corrected chi connectivity index (χ1v) is 20.6. The van der Waals surface area contributed by atoms with E-state index in [0.29, 0.717) is 17.5 Å². The highest BCUT2D eigenvalue weighted by molar-refractivity contribution is 6.16. The molecule has 284 valence electrons. The molecule has 12 rings (SSSR count). The Morgan fingerprint density at radius 2 is 0.885 bits per heavy atom. The number of nitrogens with zero attached hydrogens (tertiary/aromatic N) is 3. The number of rotatable bonds is 6. The van der Waals surface area contributed by atoms with Crippen LogP contribution >= 0.6 is 0 Å². The van der Waals surface area contributed by atoms with Crippen molar-refractivity contribution >= 4 is 54.3 Å². The summed E-state index contributed by atoms with van der Waals surface area (Å²) in [6, 6.07) is 74.7. The van der Waals surface area contributed by atoms with E-state index < -0.39 is 0 Å². The van der Waals surface area contributed by atoms with Gasteiger partial charge in [-0.25, -0.2) is 15.0 Å². The molecule has 0 aliphatic heterocycles. The zero-order valence-corrected chi connectivity index (χ0v) is 33.0. The molecule has 0 saturated carbocycles. The van der Waals surface area contributed by atoms with Crippen LogP contribution in [0.2, 0.25) is 0 Å². The molecule has 0 saturated heterocycles. The molecule has 4 heteroatoms. The second-order valence-corrected chi connectivity index (χ2v) is 15.5. The summed E-state index contributed by atoms with van der Waals surface area (Å²) < 4.78 is 6.73. The van der Waals surface area contributed by atoms with E-state index in [2.05, 4.69) is 170 Å². The Bertz CT molecular complexity index is 3650. The standard InChI is InChI=1S/C57H35N3O/c1-3-15-37(16-4-1)50-35-42-20-9-10-23-45(42)51-34-41(30-31-47(50)51)40-21-11-22-44(33-40)56-58-55(38-17-5-2-6-18-38)59-57(60-56)49-26-13-27-52-53(49)48-25-12-24-46(54(48)61-52)43-29-28-36-14-7-8-19-39(36)32-43/h1-35H. The van der Waals surface area contributed by atoms with Gasteiger partial charge in [0.05, 0.1) is 0 Å². The fraction of sp³-hybridized carbons (Fsp3) is 0. The minimum absolute atomic E-state index is 0.587. The van der Waals surface area contributed by atoms with E-state index in [1.165, 1.54) is 43.4 Å². The van der Waals surface area contributed by atoms with Crippen molar-refractivity contribution in [1.82, 2.24) is 15.0 Å². The largest absolute Gasteiger partial charge is 0.455 e. The van der Waals surface area contributed by atoms with E-state index in [1.54, 1.807) is 0 Å². The molecule has 0 N–H and O–H groups in total. The molecule has 0 radical (unpaired) electrons. The van der Waals surface area contributed by atoms with Crippen molar-refractivity contribution in [1.29, 1.82) is 0 Å². The molecular weight excluding hydrogens is 743 g/mol. The lowest BCUT2D eigenvalue weighted by Gasteiger charge is -2.13. The molecule has 10 aromatic carbocycles. The molecule has 4 nitrogen and oxygen atoms in total. The van der Waals surface area contributed by atoms with Crippen LogP contribution in [0, 0.1) is 0 Å². The Balaban J connectivity index is 1.01. The number of furan rings is 1. The summed E-state index contributed by atoms with van der Waals surface area (Å²) in [6.45, 7) is 0. The van der Waals surface area contributed by atoms with Gasteiger partial charge in [-0.2, -0.15) is 0 Å². The van der Waals surface area contributed by atoms with Crippen LogP contribution in [0.4, 0.5) is 0 Å². The lowest BCUT2D eigenvalue weighted by molar-refractivity contribution is 0.670. The van der Waals surface area contributed by atoms with Crippen LogP contribution in [0.5, 0.6) is 0 Å². The van der Waals surface area contributed by atoms with Crippen molar-refractivity contribution in [3.63, 3.8) is 0 Å². The number of hydrogen-bond acceptors (Lipinski definition) is 4. The topological polar surface area (TPSA) is 51.8 Å². The minimum atomic E-state index is 0.587. The third kappa shape index (κ3) is 6.04. The highest BCUT2D eigenvalue weighted by atomic mass is 16.3. The van der Waals surface area contributed by atoms with E-state index in [-0.39, 0.29) is 0 Å². The van der Waals surface area contributed by atoms with Crippen molar-refractivity contribution in [2.45, 2.75) is 0 Å². The van der Waals surface area contributed by atoms with Gasteiger partial charge in [0.25, 0.3) is 0 Å². The third-order valence-corrected chi connectivity index (χ3v) is 11.9. The van der Waals surface area contributed by atoms with Gasteiger partial charge in [0.1, 0.15) is 11.2 Å². The highest BCUT2D eigenvalue weighted by Gasteiger charge is 2.20. The van der Waals surface area contributed by atoms with Crippen molar-refractivity contribution in [3.8, 4) is 67.5 Å². The Morgan fingerprint density at radius 3 is 1.74 bits per heavy atom. The molecule has 0 atom stereocenters. The predicted molar refractivity (Wildman–Crippen MR) is 252 cm³/mol. The van der Waals surface area contributed by atoms with Gasteiger partial charge in [0, 0.05) is 33.0 Å². The summed E-state index contributed by atoms with van der Waals surface area (Å²) in [5.74, 6) is 1.80.